The molecule has 0 spiro atoms. The molecule has 40 heavy (non-hydrogen) atoms. The minimum atomic E-state index is 0.773. The maximum absolute atomic E-state index is 5.94. The Bertz CT molecular complexity index is 1900. The molecule has 2 aromatic heterocycles. The van der Waals surface area contributed by atoms with Crippen molar-refractivity contribution in [2.24, 2.45) is 0 Å². The normalized spacial score (nSPS) is 11.5. The fraction of sp³-hybridized carbons (Fsp3) is 0. The van der Waals surface area contributed by atoms with Crippen LogP contribution in [-0.2, 0) is 0 Å². The summed E-state index contributed by atoms with van der Waals surface area (Å²) in [5, 5.41) is 7.19. The lowest BCUT2D eigenvalue weighted by Gasteiger charge is -2.27. The summed E-state index contributed by atoms with van der Waals surface area (Å²) in [6.07, 6.45) is 3.45. The summed E-state index contributed by atoms with van der Waals surface area (Å²) >= 11 is 0. The average molecular weight is 517 g/mol. The molecule has 0 saturated carbocycles. The van der Waals surface area contributed by atoms with Crippen LogP contribution in [0, 0.1) is 0 Å². The molecule has 0 aliphatic heterocycles. The van der Waals surface area contributed by atoms with E-state index >= 15 is 0 Å². The van der Waals surface area contributed by atoms with Gasteiger partial charge in [-0.15, -0.1) is 0 Å². The molecule has 0 N–H and O–H groups in total. The number of rotatable bonds is 6. The quantitative estimate of drug-likeness (QED) is 0.206. The standard InChI is InChI=1S/C36H24N2O2/c1-3-9-27(10-4-1)37(33-13-7-23-39-33)31-21-17-25-15-16-26-18-22-32(30-20-19-29(31)35(25)36(26)30)38(34-14-8-24-40-34)28-11-5-2-6-12-28/h1-24H. The van der Waals surface area contributed by atoms with Crippen LogP contribution in [0.1, 0.15) is 0 Å². The number of anilines is 6. The fourth-order valence-electron chi connectivity index (χ4n) is 5.88. The van der Waals surface area contributed by atoms with Gasteiger partial charge in [-0.05, 0) is 70.1 Å². The Hall–Kier alpha value is -5.48. The predicted molar refractivity (Wildman–Crippen MR) is 164 cm³/mol. The molecule has 0 unspecified atom stereocenters. The summed E-state index contributed by atoms with van der Waals surface area (Å²) in [6, 6.07) is 46.3. The van der Waals surface area contributed by atoms with Gasteiger partial charge in [-0.2, -0.15) is 0 Å². The molecule has 8 aromatic rings. The summed E-state index contributed by atoms with van der Waals surface area (Å²) in [6.45, 7) is 0. The third-order valence-electron chi connectivity index (χ3n) is 7.58. The second-order valence-electron chi connectivity index (χ2n) is 9.84. The van der Waals surface area contributed by atoms with E-state index in [0.717, 1.165) is 45.3 Å². The molecule has 0 radical (unpaired) electrons. The van der Waals surface area contributed by atoms with Crippen LogP contribution in [0.3, 0.4) is 0 Å². The van der Waals surface area contributed by atoms with E-state index < -0.39 is 0 Å². The maximum atomic E-state index is 5.94. The van der Waals surface area contributed by atoms with E-state index in [4.69, 9.17) is 8.83 Å². The number of furan rings is 2. The first-order valence-corrected chi connectivity index (χ1v) is 13.3. The van der Waals surface area contributed by atoms with E-state index in [2.05, 4.69) is 107 Å². The van der Waals surface area contributed by atoms with Crippen LogP contribution in [-0.4, -0.2) is 0 Å². The van der Waals surface area contributed by atoms with Crippen molar-refractivity contribution >= 4 is 66.8 Å². The van der Waals surface area contributed by atoms with Crippen LogP contribution in [0.5, 0.6) is 0 Å². The molecule has 0 amide bonds. The van der Waals surface area contributed by atoms with Gasteiger partial charge in [-0.25, -0.2) is 0 Å². The molecular weight excluding hydrogens is 492 g/mol. The largest absolute Gasteiger partial charge is 0.448 e. The van der Waals surface area contributed by atoms with E-state index in [1.165, 1.54) is 21.5 Å². The number of nitrogens with zero attached hydrogens (tertiary/aromatic N) is 2. The molecule has 8 rings (SSSR count). The van der Waals surface area contributed by atoms with Gasteiger partial charge in [0, 0.05) is 34.3 Å². The van der Waals surface area contributed by atoms with Crippen LogP contribution in [0.4, 0.5) is 34.5 Å². The van der Waals surface area contributed by atoms with Gasteiger partial charge in [0.05, 0.1) is 23.9 Å². The molecule has 0 aliphatic rings. The summed E-state index contributed by atoms with van der Waals surface area (Å²) in [7, 11) is 0. The third kappa shape index (κ3) is 3.47. The Kier molecular flexibility index (Phi) is 5.10. The van der Waals surface area contributed by atoms with Gasteiger partial charge in [-0.1, -0.05) is 72.8 Å². The minimum Gasteiger partial charge on any atom is -0.448 e. The van der Waals surface area contributed by atoms with Gasteiger partial charge < -0.3 is 8.83 Å². The Morgan fingerprint density at radius 1 is 0.375 bits per heavy atom. The monoisotopic (exact) mass is 516 g/mol. The highest BCUT2D eigenvalue weighted by Gasteiger charge is 2.22. The lowest BCUT2D eigenvalue weighted by atomic mass is 9.92. The van der Waals surface area contributed by atoms with E-state index in [0.29, 0.717) is 0 Å². The van der Waals surface area contributed by atoms with Crippen LogP contribution in [0.15, 0.2) is 155 Å². The summed E-state index contributed by atoms with van der Waals surface area (Å²) in [5.74, 6) is 1.55. The second-order valence-corrected chi connectivity index (χ2v) is 9.84. The molecule has 190 valence electrons. The minimum absolute atomic E-state index is 0.773. The van der Waals surface area contributed by atoms with Crippen molar-refractivity contribution in [2.45, 2.75) is 0 Å². The molecule has 0 saturated heterocycles. The molecular formula is C36H24N2O2. The van der Waals surface area contributed by atoms with Crippen LogP contribution in [0.25, 0.3) is 32.3 Å². The number of hydrogen-bond donors (Lipinski definition) is 0. The van der Waals surface area contributed by atoms with Gasteiger partial charge in [0.2, 0.25) is 11.8 Å². The van der Waals surface area contributed by atoms with E-state index in [-0.39, 0.29) is 0 Å². The van der Waals surface area contributed by atoms with Gasteiger partial charge in [0.25, 0.3) is 0 Å². The molecule has 0 atom stereocenters. The highest BCUT2D eigenvalue weighted by molar-refractivity contribution is 6.28. The van der Waals surface area contributed by atoms with E-state index in [1.54, 1.807) is 12.5 Å². The summed E-state index contributed by atoms with van der Waals surface area (Å²) < 4.78 is 11.9. The lowest BCUT2D eigenvalue weighted by Crippen LogP contribution is -2.10. The Morgan fingerprint density at radius 3 is 1.20 bits per heavy atom. The maximum Gasteiger partial charge on any atom is 0.204 e. The number of para-hydroxylation sites is 2. The summed E-state index contributed by atoms with van der Waals surface area (Å²) in [4.78, 5) is 4.37. The van der Waals surface area contributed by atoms with Crippen LogP contribution >= 0.6 is 0 Å². The first-order chi connectivity index (χ1) is 19.9. The highest BCUT2D eigenvalue weighted by atomic mass is 16.3. The molecule has 2 heterocycles. The molecule has 4 heteroatoms. The Labute approximate surface area is 231 Å². The van der Waals surface area contributed by atoms with E-state index in [9.17, 15) is 0 Å². The van der Waals surface area contributed by atoms with Gasteiger partial charge in [0.1, 0.15) is 0 Å². The van der Waals surface area contributed by atoms with Crippen molar-refractivity contribution in [1.29, 1.82) is 0 Å². The second kappa shape index (κ2) is 9.07. The van der Waals surface area contributed by atoms with Crippen molar-refractivity contribution in [2.75, 3.05) is 9.80 Å². The van der Waals surface area contributed by atoms with Crippen LogP contribution < -0.4 is 9.80 Å². The average Bonchev–Trinajstić information content (AvgIpc) is 3.74. The van der Waals surface area contributed by atoms with Crippen molar-refractivity contribution in [3.05, 3.63) is 146 Å². The van der Waals surface area contributed by atoms with Gasteiger partial charge in [0.15, 0.2) is 0 Å². The van der Waals surface area contributed by atoms with Crippen molar-refractivity contribution in [1.82, 2.24) is 0 Å². The zero-order chi connectivity index (χ0) is 26.5. The molecule has 4 nitrogen and oxygen atoms in total. The molecule has 0 aliphatic carbocycles. The van der Waals surface area contributed by atoms with Crippen molar-refractivity contribution < 1.29 is 8.83 Å². The smallest absolute Gasteiger partial charge is 0.204 e. The van der Waals surface area contributed by atoms with Gasteiger partial charge >= 0.3 is 0 Å². The lowest BCUT2D eigenvalue weighted by molar-refractivity contribution is 0.574. The van der Waals surface area contributed by atoms with Crippen LogP contribution in [0.2, 0.25) is 0 Å². The van der Waals surface area contributed by atoms with Gasteiger partial charge in [-0.3, -0.25) is 9.80 Å². The topological polar surface area (TPSA) is 32.8 Å². The number of benzene rings is 6. The zero-order valence-electron chi connectivity index (χ0n) is 21.6. The first kappa shape index (κ1) is 22.5. The number of hydrogen-bond acceptors (Lipinski definition) is 4. The van der Waals surface area contributed by atoms with Crippen molar-refractivity contribution in [3.63, 3.8) is 0 Å². The zero-order valence-corrected chi connectivity index (χ0v) is 21.6. The SMILES string of the molecule is c1ccc(N(c2ccco2)c2ccc3ccc4ccc(N(c5ccccc5)c5ccco5)c5ccc2c3c45)cc1. The molecule has 0 fully saturated rings. The van der Waals surface area contributed by atoms with Crippen molar-refractivity contribution in [3.8, 4) is 0 Å². The predicted octanol–water partition coefficient (Wildman–Crippen LogP) is 10.7. The Morgan fingerprint density at radius 2 is 0.800 bits per heavy atom. The third-order valence-corrected chi connectivity index (χ3v) is 7.58. The highest BCUT2D eigenvalue weighted by Crippen LogP contribution is 2.47. The van der Waals surface area contributed by atoms with E-state index in [1.807, 2.05) is 36.4 Å². The summed E-state index contributed by atoms with van der Waals surface area (Å²) in [5.41, 5.74) is 4.22. The first-order valence-electron chi connectivity index (χ1n) is 13.3. The fourth-order valence-corrected chi connectivity index (χ4v) is 5.88. The Balaban J connectivity index is 1.42. The molecule has 6 aromatic carbocycles. The molecule has 0 bridgehead atoms.